The molecule has 0 unspecified atom stereocenters. The lowest BCUT2D eigenvalue weighted by Gasteiger charge is -2.53. The van der Waals surface area contributed by atoms with Gasteiger partial charge in [-0.3, -0.25) is 0 Å². The van der Waals surface area contributed by atoms with Gasteiger partial charge in [0.15, 0.2) is 0 Å². The third-order valence-corrected chi connectivity index (χ3v) is 5.60. The third-order valence-electron chi connectivity index (χ3n) is 5.60. The molecule has 0 atom stereocenters. The molecule has 1 amide bonds. The monoisotopic (exact) mass is 323 g/mol. The van der Waals surface area contributed by atoms with Crippen molar-refractivity contribution < 1.29 is 9.53 Å². The van der Waals surface area contributed by atoms with Crippen LogP contribution in [0, 0.1) is 11.3 Å². The highest BCUT2D eigenvalue weighted by Gasteiger charge is 2.48. The molecular formula is C18H33N3O2. The van der Waals surface area contributed by atoms with Crippen LogP contribution in [0.3, 0.4) is 0 Å². The zero-order valence-corrected chi connectivity index (χ0v) is 15.1. The largest absolute Gasteiger partial charge is 0.444 e. The molecule has 5 heteroatoms. The molecule has 3 rings (SSSR count). The summed E-state index contributed by atoms with van der Waals surface area (Å²) in [5.74, 6) is 0.856. The van der Waals surface area contributed by atoms with Crippen LogP contribution in [-0.2, 0) is 4.74 Å². The second-order valence-corrected chi connectivity index (χ2v) is 8.83. The standard InChI is InChI=1S/C18H33N3O2/c1-17(2,3)23-16(22)21-13-18(14-21)6-4-15(5-7-18)12-20-10-8-19-9-11-20/h15,19H,4-14H2,1-3H3. The van der Waals surface area contributed by atoms with E-state index in [1.807, 2.05) is 25.7 Å². The summed E-state index contributed by atoms with van der Waals surface area (Å²) in [4.78, 5) is 16.6. The maximum atomic E-state index is 12.1. The van der Waals surface area contributed by atoms with Crippen molar-refractivity contribution in [2.75, 3.05) is 45.8 Å². The molecule has 132 valence electrons. The Morgan fingerprint density at radius 2 is 1.78 bits per heavy atom. The molecule has 0 aromatic heterocycles. The summed E-state index contributed by atoms with van der Waals surface area (Å²) in [7, 11) is 0. The Morgan fingerprint density at radius 1 is 1.17 bits per heavy atom. The second-order valence-electron chi connectivity index (χ2n) is 8.83. The highest BCUT2D eigenvalue weighted by molar-refractivity contribution is 5.69. The van der Waals surface area contributed by atoms with Gasteiger partial charge in [-0.25, -0.2) is 4.79 Å². The average Bonchev–Trinajstić information content (AvgIpc) is 2.45. The van der Waals surface area contributed by atoms with Gasteiger partial charge in [-0.15, -0.1) is 0 Å². The van der Waals surface area contributed by atoms with E-state index < -0.39 is 0 Å². The summed E-state index contributed by atoms with van der Waals surface area (Å²) in [5.41, 5.74) is 0.0116. The fraction of sp³-hybridized carbons (Fsp3) is 0.944. The van der Waals surface area contributed by atoms with Gasteiger partial charge in [0.25, 0.3) is 0 Å². The Bertz CT molecular complexity index is 410. The summed E-state index contributed by atoms with van der Waals surface area (Å²) in [6, 6.07) is 0. The minimum atomic E-state index is -0.388. The highest BCUT2D eigenvalue weighted by Crippen LogP contribution is 2.46. The number of nitrogens with zero attached hydrogens (tertiary/aromatic N) is 2. The van der Waals surface area contributed by atoms with E-state index in [0.717, 1.165) is 32.1 Å². The predicted octanol–water partition coefficient (Wildman–Crippen LogP) is 2.32. The zero-order valence-electron chi connectivity index (χ0n) is 15.1. The van der Waals surface area contributed by atoms with Crippen molar-refractivity contribution in [3.8, 4) is 0 Å². The van der Waals surface area contributed by atoms with Crippen molar-refractivity contribution in [1.29, 1.82) is 0 Å². The average molecular weight is 323 g/mol. The Balaban J connectivity index is 1.39. The molecule has 1 spiro atoms. The van der Waals surface area contributed by atoms with Gasteiger partial charge in [-0.1, -0.05) is 0 Å². The number of carbonyl (C=O) groups excluding carboxylic acids is 1. The van der Waals surface area contributed by atoms with Crippen LogP contribution in [-0.4, -0.2) is 67.3 Å². The first kappa shape index (κ1) is 17.0. The molecule has 2 saturated heterocycles. The number of amides is 1. The van der Waals surface area contributed by atoms with Crippen LogP contribution in [0.4, 0.5) is 4.79 Å². The number of likely N-dealkylation sites (tertiary alicyclic amines) is 1. The molecule has 2 heterocycles. The molecule has 0 aromatic carbocycles. The first-order valence-electron chi connectivity index (χ1n) is 9.26. The van der Waals surface area contributed by atoms with Gasteiger partial charge in [0.1, 0.15) is 5.60 Å². The van der Waals surface area contributed by atoms with Crippen LogP contribution in [0.5, 0.6) is 0 Å². The van der Waals surface area contributed by atoms with Gasteiger partial charge in [0.2, 0.25) is 0 Å². The maximum Gasteiger partial charge on any atom is 0.410 e. The molecule has 1 aliphatic carbocycles. The van der Waals surface area contributed by atoms with Crippen LogP contribution < -0.4 is 5.32 Å². The van der Waals surface area contributed by atoms with E-state index >= 15 is 0 Å². The molecule has 1 saturated carbocycles. The lowest BCUT2D eigenvalue weighted by atomic mass is 9.66. The Labute approximate surface area is 140 Å². The molecule has 3 aliphatic rings. The Kier molecular flexibility index (Phi) is 4.88. The first-order chi connectivity index (χ1) is 10.9. The Hall–Kier alpha value is -0.810. The zero-order chi connectivity index (χ0) is 16.5. The quantitative estimate of drug-likeness (QED) is 0.847. The first-order valence-corrected chi connectivity index (χ1v) is 9.26. The number of hydrogen-bond donors (Lipinski definition) is 1. The fourth-order valence-electron chi connectivity index (χ4n) is 4.27. The topological polar surface area (TPSA) is 44.8 Å². The summed E-state index contributed by atoms with van der Waals surface area (Å²) in [6.45, 7) is 13.6. The predicted molar refractivity (Wildman–Crippen MR) is 91.5 cm³/mol. The maximum absolute atomic E-state index is 12.1. The summed E-state index contributed by atoms with van der Waals surface area (Å²) >= 11 is 0. The van der Waals surface area contributed by atoms with E-state index in [4.69, 9.17) is 4.74 Å². The molecule has 0 bridgehead atoms. The lowest BCUT2D eigenvalue weighted by Crippen LogP contribution is -2.60. The molecule has 1 N–H and O–H groups in total. The van der Waals surface area contributed by atoms with Gasteiger partial charge in [-0.05, 0) is 52.4 Å². The molecule has 5 nitrogen and oxygen atoms in total. The van der Waals surface area contributed by atoms with Crippen molar-refractivity contribution in [3.05, 3.63) is 0 Å². The van der Waals surface area contributed by atoms with Gasteiger partial charge < -0.3 is 19.9 Å². The number of rotatable bonds is 2. The molecule has 23 heavy (non-hydrogen) atoms. The van der Waals surface area contributed by atoms with E-state index in [1.54, 1.807) is 0 Å². The molecular weight excluding hydrogens is 290 g/mol. The van der Waals surface area contributed by atoms with E-state index in [9.17, 15) is 4.79 Å². The van der Waals surface area contributed by atoms with Crippen molar-refractivity contribution in [2.45, 2.75) is 52.1 Å². The van der Waals surface area contributed by atoms with Gasteiger partial charge in [0, 0.05) is 51.2 Å². The third kappa shape index (κ3) is 4.38. The van der Waals surface area contributed by atoms with Crippen molar-refractivity contribution in [3.63, 3.8) is 0 Å². The number of piperazine rings is 1. The second kappa shape index (κ2) is 6.60. The minimum absolute atomic E-state index is 0.133. The number of nitrogens with one attached hydrogen (secondary N) is 1. The summed E-state index contributed by atoms with van der Waals surface area (Å²) < 4.78 is 5.47. The fourth-order valence-corrected chi connectivity index (χ4v) is 4.27. The number of hydrogen-bond acceptors (Lipinski definition) is 4. The van der Waals surface area contributed by atoms with Gasteiger partial charge in [-0.2, -0.15) is 0 Å². The van der Waals surface area contributed by atoms with Crippen LogP contribution in [0.15, 0.2) is 0 Å². The van der Waals surface area contributed by atoms with Crippen LogP contribution in [0.25, 0.3) is 0 Å². The number of ether oxygens (including phenoxy) is 1. The van der Waals surface area contributed by atoms with E-state index in [0.29, 0.717) is 5.41 Å². The van der Waals surface area contributed by atoms with Crippen LogP contribution in [0.1, 0.15) is 46.5 Å². The summed E-state index contributed by atoms with van der Waals surface area (Å²) in [5, 5.41) is 3.42. The van der Waals surface area contributed by atoms with E-state index in [1.165, 1.54) is 45.3 Å². The number of carbonyl (C=O) groups is 1. The molecule has 2 aliphatic heterocycles. The van der Waals surface area contributed by atoms with Gasteiger partial charge in [0.05, 0.1) is 0 Å². The lowest BCUT2D eigenvalue weighted by molar-refractivity contribution is -0.0559. The normalized spacial score (nSPS) is 26.1. The Morgan fingerprint density at radius 3 is 2.35 bits per heavy atom. The highest BCUT2D eigenvalue weighted by atomic mass is 16.6. The molecule has 0 radical (unpaired) electrons. The van der Waals surface area contributed by atoms with E-state index in [2.05, 4.69) is 10.2 Å². The van der Waals surface area contributed by atoms with Gasteiger partial charge >= 0.3 is 6.09 Å². The summed E-state index contributed by atoms with van der Waals surface area (Å²) in [6.07, 6.45) is 5.08. The van der Waals surface area contributed by atoms with Crippen molar-refractivity contribution in [1.82, 2.24) is 15.1 Å². The minimum Gasteiger partial charge on any atom is -0.444 e. The van der Waals surface area contributed by atoms with Crippen LogP contribution in [0.2, 0.25) is 0 Å². The van der Waals surface area contributed by atoms with Crippen molar-refractivity contribution in [2.24, 2.45) is 11.3 Å². The smallest absolute Gasteiger partial charge is 0.410 e. The van der Waals surface area contributed by atoms with Crippen molar-refractivity contribution >= 4 is 6.09 Å². The van der Waals surface area contributed by atoms with Crippen LogP contribution >= 0.6 is 0 Å². The molecule has 0 aromatic rings. The van der Waals surface area contributed by atoms with E-state index in [-0.39, 0.29) is 11.7 Å². The SMILES string of the molecule is CC(C)(C)OC(=O)N1CC2(CCC(CN3CCNCC3)CC2)C1. The molecule has 3 fully saturated rings.